The molecule has 4 nitrogen and oxygen atoms in total. The minimum absolute atomic E-state index is 0.0295. The predicted molar refractivity (Wildman–Crippen MR) is 73.6 cm³/mol. The maximum Gasteiger partial charge on any atom is 0.271 e. The van der Waals surface area contributed by atoms with E-state index < -0.39 is 23.8 Å². The number of alkyl halides is 2. The second kappa shape index (κ2) is 4.25. The molecule has 0 N–H and O–H groups in total. The molecule has 3 rings (SSSR count). The lowest BCUT2D eigenvalue weighted by Gasteiger charge is -2.24. The molecule has 1 aliphatic heterocycles. The Bertz CT molecular complexity index is 710. The minimum atomic E-state index is -2.85. The number of imidazole rings is 1. The zero-order valence-electron chi connectivity index (χ0n) is 11.8. The summed E-state index contributed by atoms with van der Waals surface area (Å²) in [6.07, 6.45) is 0. The first-order valence-corrected chi connectivity index (χ1v) is 6.84. The summed E-state index contributed by atoms with van der Waals surface area (Å²) >= 11 is 5.89. The Balaban J connectivity index is 2.16. The third kappa shape index (κ3) is 2.06. The molecule has 114 valence electrons. The highest BCUT2D eigenvalue weighted by atomic mass is 35.5. The first kappa shape index (κ1) is 14.4. The number of rotatable bonds is 1. The van der Waals surface area contributed by atoms with Crippen LogP contribution in [0.2, 0.25) is 5.15 Å². The molecule has 0 unspecified atom stereocenters. The number of hydrogen-bond donors (Lipinski definition) is 0. The van der Waals surface area contributed by atoms with Crippen LogP contribution in [0.1, 0.15) is 19.5 Å². The fourth-order valence-corrected chi connectivity index (χ4v) is 2.74. The van der Waals surface area contributed by atoms with Crippen molar-refractivity contribution in [3.05, 3.63) is 22.9 Å². The molecule has 0 amide bonds. The number of fused-ring (bicyclic) bond motifs is 1. The Labute approximate surface area is 124 Å². The van der Waals surface area contributed by atoms with Crippen LogP contribution in [0.5, 0.6) is 0 Å². The molecule has 1 saturated heterocycles. The normalized spacial score (nSPS) is 20.4. The summed E-state index contributed by atoms with van der Waals surface area (Å²) in [6.45, 7) is 4.17. The number of nitrogens with zero attached hydrogens (tertiary/aromatic N) is 4. The van der Waals surface area contributed by atoms with Gasteiger partial charge in [0, 0.05) is 18.0 Å². The zero-order chi connectivity index (χ0) is 15.6. The van der Waals surface area contributed by atoms with Gasteiger partial charge in [-0.3, -0.25) is 0 Å². The molecule has 8 heteroatoms. The summed E-state index contributed by atoms with van der Waals surface area (Å²) in [7, 11) is 0. The Morgan fingerprint density at radius 1 is 1.29 bits per heavy atom. The van der Waals surface area contributed by atoms with Crippen molar-refractivity contribution in [1.82, 2.24) is 14.6 Å². The fourth-order valence-electron chi connectivity index (χ4n) is 2.56. The molecule has 21 heavy (non-hydrogen) atoms. The predicted octanol–water partition coefficient (Wildman–Crippen LogP) is 3.31. The summed E-state index contributed by atoms with van der Waals surface area (Å²) in [5.41, 5.74) is -0.466. The first-order chi connectivity index (χ1) is 9.62. The van der Waals surface area contributed by atoms with Crippen molar-refractivity contribution in [2.45, 2.75) is 26.7 Å². The molecule has 1 aliphatic rings. The van der Waals surface area contributed by atoms with Crippen LogP contribution in [-0.4, -0.2) is 33.6 Å². The number of halogens is 4. The van der Waals surface area contributed by atoms with E-state index >= 15 is 0 Å². The topological polar surface area (TPSA) is 33.4 Å². The smallest absolute Gasteiger partial charge is 0.271 e. The van der Waals surface area contributed by atoms with Crippen LogP contribution in [-0.2, 0) is 0 Å². The van der Waals surface area contributed by atoms with Crippen molar-refractivity contribution < 1.29 is 13.2 Å². The monoisotopic (exact) mass is 318 g/mol. The van der Waals surface area contributed by atoms with Crippen LogP contribution in [0.25, 0.3) is 5.65 Å². The van der Waals surface area contributed by atoms with E-state index in [-0.39, 0.29) is 23.0 Å². The van der Waals surface area contributed by atoms with Gasteiger partial charge in [0.1, 0.15) is 0 Å². The SMILES string of the molecule is Cc1nc2c(N3CC(C)(C)C(F)(F)C3)cc(Cl)nn2c1F. The maximum absolute atomic E-state index is 14.1. The second-order valence-electron chi connectivity index (χ2n) is 6.02. The third-order valence-electron chi connectivity index (χ3n) is 3.95. The average Bonchev–Trinajstić information content (AvgIpc) is 2.75. The molecule has 0 bridgehead atoms. The number of anilines is 1. The van der Waals surface area contributed by atoms with Crippen molar-refractivity contribution in [2.75, 3.05) is 18.0 Å². The highest BCUT2D eigenvalue weighted by molar-refractivity contribution is 6.29. The summed E-state index contributed by atoms with van der Waals surface area (Å²) in [4.78, 5) is 5.56. The lowest BCUT2D eigenvalue weighted by Crippen LogP contribution is -2.34. The van der Waals surface area contributed by atoms with Gasteiger partial charge in [-0.1, -0.05) is 25.4 Å². The average molecular weight is 319 g/mol. The lowest BCUT2D eigenvalue weighted by atomic mass is 9.89. The van der Waals surface area contributed by atoms with E-state index in [1.165, 1.54) is 31.7 Å². The minimum Gasteiger partial charge on any atom is -0.362 e. The summed E-state index contributed by atoms with van der Waals surface area (Å²) < 4.78 is 43.0. The quantitative estimate of drug-likeness (QED) is 0.809. The van der Waals surface area contributed by atoms with Crippen LogP contribution in [0.3, 0.4) is 0 Å². The van der Waals surface area contributed by atoms with E-state index in [2.05, 4.69) is 10.1 Å². The Morgan fingerprint density at radius 3 is 2.52 bits per heavy atom. The van der Waals surface area contributed by atoms with Gasteiger partial charge in [-0.05, 0) is 6.92 Å². The molecule has 0 spiro atoms. The standard InChI is InChI=1S/C13H14ClF3N4/c1-7-10(15)21-11(18-7)8(4-9(14)19-21)20-5-12(2,3)13(16,17)6-20/h4H,5-6H2,1-3H3. The molecule has 0 radical (unpaired) electrons. The zero-order valence-corrected chi connectivity index (χ0v) is 12.5. The second-order valence-corrected chi connectivity index (χ2v) is 6.41. The molecule has 0 saturated carbocycles. The lowest BCUT2D eigenvalue weighted by molar-refractivity contribution is -0.0642. The third-order valence-corrected chi connectivity index (χ3v) is 4.13. The molecule has 0 aromatic carbocycles. The van der Waals surface area contributed by atoms with Crippen molar-refractivity contribution in [3.63, 3.8) is 0 Å². The molecule has 3 heterocycles. The first-order valence-electron chi connectivity index (χ1n) is 6.46. The van der Waals surface area contributed by atoms with Crippen LogP contribution >= 0.6 is 11.6 Å². The van der Waals surface area contributed by atoms with Gasteiger partial charge in [-0.2, -0.15) is 14.0 Å². The van der Waals surface area contributed by atoms with E-state index in [1.54, 1.807) is 0 Å². The highest BCUT2D eigenvalue weighted by Gasteiger charge is 2.54. The summed E-state index contributed by atoms with van der Waals surface area (Å²) in [6, 6.07) is 1.44. The van der Waals surface area contributed by atoms with Crippen molar-refractivity contribution >= 4 is 22.9 Å². The van der Waals surface area contributed by atoms with Gasteiger partial charge in [-0.15, -0.1) is 0 Å². The van der Waals surface area contributed by atoms with E-state index in [1.807, 2.05) is 0 Å². The maximum atomic E-state index is 14.1. The Kier molecular flexibility index (Phi) is 2.92. The Hall–Kier alpha value is -1.50. The van der Waals surface area contributed by atoms with Gasteiger partial charge in [0.15, 0.2) is 10.8 Å². The number of aromatic nitrogens is 3. The van der Waals surface area contributed by atoms with Gasteiger partial charge < -0.3 is 4.90 Å². The van der Waals surface area contributed by atoms with E-state index in [4.69, 9.17) is 11.6 Å². The molecular formula is C13H14ClF3N4. The summed E-state index contributed by atoms with van der Waals surface area (Å²) in [5, 5.41) is 3.86. The van der Waals surface area contributed by atoms with Crippen LogP contribution in [0.15, 0.2) is 6.07 Å². The van der Waals surface area contributed by atoms with Crippen LogP contribution in [0.4, 0.5) is 18.9 Å². The molecule has 0 atom stereocenters. The van der Waals surface area contributed by atoms with E-state index in [0.29, 0.717) is 5.69 Å². The fraction of sp³-hybridized carbons (Fsp3) is 0.538. The van der Waals surface area contributed by atoms with Crippen LogP contribution < -0.4 is 4.90 Å². The molecule has 0 aliphatic carbocycles. The van der Waals surface area contributed by atoms with Crippen molar-refractivity contribution in [1.29, 1.82) is 0 Å². The molecule has 2 aromatic heterocycles. The van der Waals surface area contributed by atoms with Crippen molar-refractivity contribution in [2.24, 2.45) is 5.41 Å². The Morgan fingerprint density at radius 2 is 1.95 bits per heavy atom. The molecular weight excluding hydrogens is 305 g/mol. The number of hydrogen-bond acceptors (Lipinski definition) is 3. The van der Waals surface area contributed by atoms with E-state index in [9.17, 15) is 13.2 Å². The number of aryl methyl sites for hydroxylation is 1. The van der Waals surface area contributed by atoms with Gasteiger partial charge in [-0.25, -0.2) is 13.8 Å². The molecule has 2 aromatic rings. The van der Waals surface area contributed by atoms with E-state index in [0.717, 1.165) is 4.52 Å². The van der Waals surface area contributed by atoms with Gasteiger partial charge in [0.05, 0.1) is 17.9 Å². The highest BCUT2D eigenvalue weighted by Crippen LogP contribution is 2.45. The van der Waals surface area contributed by atoms with Crippen molar-refractivity contribution in [3.8, 4) is 0 Å². The van der Waals surface area contributed by atoms with Gasteiger partial charge >= 0.3 is 0 Å². The van der Waals surface area contributed by atoms with Gasteiger partial charge in [0.25, 0.3) is 5.92 Å². The largest absolute Gasteiger partial charge is 0.362 e. The van der Waals surface area contributed by atoms with Gasteiger partial charge in [0.2, 0.25) is 5.95 Å². The molecule has 1 fully saturated rings. The summed E-state index contributed by atoms with van der Waals surface area (Å²) in [5.74, 6) is -3.49. The van der Waals surface area contributed by atoms with Crippen LogP contribution in [0, 0.1) is 18.3 Å².